The molecule has 0 saturated carbocycles. The van der Waals surface area contributed by atoms with Gasteiger partial charge in [0.25, 0.3) is 5.91 Å². The predicted molar refractivity (Wildman–Crippen MR) is 79.1 cm³/mol. The van der Waals surface area contributed by atoms with E-state index in [9.17, 15) is 9.59 Å². The first-order valence-electron chi connectivity index (χ1n) is 6.57. The smallest absolute Gasteiger partial charge is 0.274 e. The number of para-hydroxylation sites is 1. The summed E-state index contributed by atoms with van der Waals surface area (Å²) in [6.45, 7) is 0. The molecule has 0 aromatic heterocycles. The summed E-state index contributed by atoms with van der Waals surface area (Å²) in [5, 5.41) is 11.3. The van der Waals surface area contributed by atoms with Gasteiger partial charge >= 0.3 is 0 Å². The van der Waals surface area contributed by atoms with Crippen LogP contribution >= 0.6 is 0 Å². The fraction of sp³-hybridized carbons (Fsp3) is 0.125. The Morgan fingerprint density at radius 2 is 1.62 bits per heavy atom. The molecule has 3 N–H and O–H groups in total. The second-order valence-electron chi connectivity index (χ2n) is 4.55. The van der Waals surface area contributed by atoms with E-state index in [-0.39, 0.29) is 5.91 Å². The molecule has 2 aromatic carbocycles. The van der Waals surface area contributed by atoms with E-state index in [1.165, 1.54) is 0 Å². The molecule has 2 amide bonds. The normalized spacial score (nSPS) is 9.95. The zero-order valence-corrected chi connectivity index (χ0v) is 11.4. The van der Waals surface area contributed by atoms with Gasteiger partial charge in [0.1, 0.15) is 0 Å². The molecule has 0 unspecified atom stereocenters. The fourth-order valence-corrected chi connectivity index (χ4v) is 1.89. The summed E-state index contributed by atoms with van der Waals surface area (Å²) in [5.74, 6) is -0.609. The minimum absolute atomic E-state index is 0.0571. The van der Waals surface area contributed by atoms with Crippen molar-refractivity contribution in [1.29, 1.82) is 0 Å². The van der Waals surface area contributed by atoms with Gasteiger partial charge in [-0.1, -0.05) is 30.3 Å². The highest BCUT2D eigenvalue weighted by Crippen LogP contribution is 2.09. The summed E-state index contributed by atoms with van der Waals surface area (Å²) >= 11 is 0. The van der Waals surface area contributed by atoms with Gasteiger partial charge in [-0.15, -0.1) is 0 Å². The van der Waals surface area contributed by atoms with Gasteiger partial charge in [-0.3, -0.25) is 14.8 Å². The van der Waals surface area contributed by atoms with Crippen LogP contribution in [0.3, 0.4) is 0 Å². The number of benzene rings is 2. The molecule has 21 heavy (non-hydrogen) atoms. The quantitative estimate of drug-likeness (QED) is 0.582. The number of aryl methyl sites for hydroxylation is 1. The number of rotatable bonds is 5. The van der Waals surface area contributed by atoms with Crippen molar-refractivity contribution >= 4 is 17.5 Å². The van der Waals surface area contributed by atoms with E-state index < -0.39 is 5.91 Å². The van der Waals surface area contributed by atoms with Crippen LogP contribution in [0.4, 0.5) is 5.69 Å². The Labute approximate surface area is 122 Å². The Morgan fingerprint density at radius 1 is 0.952 bits per heavy atom. The number of amides is 2. The summed E-state index contributed by atoms with van der Waals surface area (Å²) < 4.78 is 0. The van der Waals surface area contributed by atoms with Gasteiger partial charge in [-0.25, -0.2) is 5.48 Å². The summed E-state index contributed by atoms with van der Waals surface area (Å²) in [5.41, 5.74) is 3.67. The second kappa shape index (κ2) is 7.21. The van der Waals surface area contributed by atoms with Gasteiger partial charge < -0.3 is 5.32 Å². The van der Waals surface area contributed by atoms with Gasteiger partial charge in [0.2, 0.25) is 5.91 Å². The minimum Gasteiger partial charge on any atom is -0.326 e. The molecule has 0 saturated heterocycles. The lowest BCUT2D eigenvalue weighted by Gasteiger charge is -2.05. The predicted octanol–water partition coefficient (Wildman–Crippen LogP) is 2.38. The highest BCUT2D eigenvalue weighted by atomic mass is 16.5. The third-order valence-electron chi connectivity index (χ3n) is 3.02. The topological polar surface area (TPSA) is 78.4 Å². The van der Waals surface area contributed by atoms with Crippen molar-refractivity contribution in [3.05, 3.63) is 65.7 Å². The summed E-state index contributed by atoms with van der Waals surface area (Å²) in [7, 11) is 0. The highest BCUT2D eigenvalue weighted by molar-refractivity contribution is 5.93. The molecule has 0 heterocycles. The largest absolute Gasteiger partial charge is 0.326 e. The van der Waals surface area contributed by atoms with E-state index in [1.807, 2.05) is 30.3 Å². The number of anilines is 1. The van der Waals surface area contributed by atoms with Crippen LogP contribution in [0.2, 0.25) is 0 Å². The van der Waals surface area contributed by atoms with E-state index >= 15 is 0 Å². The molecule has 0 fully saturated rings. The number of nitrogens with one attached hydrogen (secondary N) is 2. The van der Waals surface area contributed by atoms with Crippen molar-refractivity contribution in [2.24, 2.45) is 0 Å². The Bertz CT molecular complexity index is 609. The molecule has 0 aliphatic heterocycles. The van der Waals surface area contributed by atoms with Crippen molar-refractivity contribution in [2.45, 2.75) is 12.8 Å². The number of carbonyl (C=O) groups is 2. The third kappa shape index (κ3) is 4.43. The van der Waals surface area contributed by atoms with Crippen LogP contribution in [0, 0.1) is 0 Å². The van der Waals surface area contributed by atoms with Crippen LogP contribution in [-0.4, -0.2) is 17.0 Å². The molecule has 2 aromatic rings. The van der Waals surface area contributed by atoms with Crippen LogP contribution in [0.5, 0.6) is 0 Å². The average molecular weight is 284 g/mol. The molecule has 5 nitrogen and oxygen atoms in total. The fourth-order valence-electron chi connectivity index (χ4n) is 1.89. The highest BCUT2D eigenvalue weighted by Gasteiger charge is 2.05. The molecule has 5 heteroatoms. The molecular weight excluding hydrogens is 268 g/mol. The van der Waals surface area contributed by atoms with Gasteiger partial charge in [0, 0.05) is 17.7 Å². The Balaban J connectivity index is 1.85. The van der Waals surface area contributed by atoms with Crippen LogP contribution in [0.1, 0.15) is 22.3 Å². The molecule has 0 atom stereocenters. The van der Waals surface area contributed by atoms with Crippen molar-refractivity contribution in [3.8, 4) is 0 Å². The first-order chi connectivity index (χ1) is 10.2. The van der Waals surface area contributed by atoms with Gasteiger partial charge in [0.05, 0.1) is 0 Å². The molecule has 0 radical (unpaired) electrons. The van der Waals surface area contributed by atoms with E-state index in [1.54, 1.807) is 29.7 Å². The van der Waals surface area contributed by atoms with E-state index in [2.05, 4.69) is 5.32 Å². The second-order valence-corrected chi connectivity index (χ2v) is 4.55. The van der Waals surface area contributed by atoms with Crippen molar-refractivity contribution in [1.82, 2.24) is 5.48 Å². The number of hydrogen-bond acceptors (Lipinski definition) is 3. The number of carbonyl (C=O) groups excluding carboxylic acids is 2. The third-order valence-corrected chi connectivity index (χ3v) is 3.02. The first-order valence-corrected chi connectivity index (χ1v) is 6.57. The zero-order chi connectivity index (χ0) is 15.1. The molecule has 0 spiro atoms. The minimum atomic E-state index is -0.552. The Kier molecular flexibility index (Phi) is 5.06. The van der Waals surface area contributed by atoms with Crippen molar-refractivity contribution < 1.29 is 14.8 Å². The number of hydrogen-bond donors (Lipinski definition) is 3. The maximum absolute atomic E-state index is 11.8. The van der Waals surface area contributed by atoms with Gasteiger partial charge in [-0.05, 0) is 36.2 Å². The average Bonchev–Trinajstić information content (AvgIpc) is 2.53. The summed E-state index contributed by atoms with van der Waals surface area (Å²) in [4.78, 5) is 23.0. The van der Waals surface area contributed by atoms with E-state index in [0.717, 1.165) is 11.3 Å². The number of hydroxylamine groups is 1. The maximum Gasteiger partial charge on any atom is 0.274 e. The zero-order valence-electron chi connectivity index (χ0n) is 11.4. The van der Waals surface area contributed by atoms with Crippen LogP contribution < -0.4 is 10.8 Å². The SMILES string of the molecule is O=C(CCc1ccc(C(=O)NO)cc1)Nc1ccccc1. The summed E-state index contributed by atoms with van der Waals surface area (Å²) in [6.07, 6.45) is 0.945. The van der Waals surface area contributed by atoms with E-state index in [4.69, 9.17) is 5.21 Å². The van der Waals surface area contributed by atoms with Crippen molar-refractivity contribution in [2.75, 3.05) is 5.32 Å². The lowest BCUT2D eigenvalue weighted by Crippen LogP contribution is -2.18. The summed E-state index contributed by atoms with van der Waals surface area (Å²) in [6, 6.07) is 16.0. The van der Waals surface area contributed by atoms with Crippen LogP contribution in [0.25, 0.3) is 0 Å². The molecule has 0 bridgehead atoms. The monoisotopic (exact) mass is 284 g/mol. The van der Waals surface area contributed by atoms with Gasteiger partial charge in [0.15, 0.2) is 0 Å². The van der Waals surface area contributed by atoms with Crippen LogP contribution in [0.15, 0.2) is 54.6 Å². The molecule has 108 valence electrons. The lowest BCUT2D eigenvalue weighted by molar-refractivity contribution is -0.116. The van der Waals surface area contributed by atoms with Gasteiger partial charge in [-0.2, -0.15) is 0 Å². The molecular formula is C16H16N2O3. The standard InChI is InChI=1S/C16H16N2O3/c19-15(17-14-4-2-1-3-5-14)11-8-12-6-9-13(10-7-12)16(20)18-21/h1-7,9-10,21H,8,11H2,(H,17,19)(H,18,20). The van der Waals surface area contributed by atoms with E-state index in [0.29, 0.717) is 18.4 Å². The Morgan fingerprint density at radius 3 is 2.24 bits per heavy atom. The molecule has 0 aliphatic rings. The molecule has 0 aliphatic carbocycles. The first kappa shape index (κ1) is 14.7. The van der Waals surface area contributed by atoms with Crippen LogP contribution in [-0.2, 0) is 11.2 Å². The molecule has 2 rings (SSSR count). The van der Waals surface area contributed by atoms with Crippen molar-refractivity contribution in [3.63, 3.8) is 0 Å². The maximum atomic E-state index is 11.8. The Hall–Kier alpha value is -2.66. The lowest BCUT2D eigenvalue weighted by atomic mass is 10.1.